The Labute approximate surface area is 457 Å². The first kappa shape index (κ1) is 66.7. The molecule has 0 saturated heterocycles. The Morgan fingerprint density at radius 1 is 0.762 bits per heavy atom. The Hall–Kier alpha value is -7.62. The van der Waals surface area contributed by atoms with Gasteiger partial charge < -0.3 is 45.6 Å². The number of aliphatic carboxylic acids is 1. The monoisotopic (exact) mass is 1210 g/mol. The highest BCUT2D eigenvalue weighted by Gasteiger charge is 2.39. The second-order valence-electron chi connectivity index (χ2n) is 17.5. The van der Waals surface area contributed by atoms with E-state index in [0.29, 0.717) is 30.7 Å². The number of pyridine rings is 2. The van der Waals surface area contributed by atoms with Gasteiger partial charge >= 0.3 is 30.3 Å². The Bertz CT molecular complexity index is 3260. The third-order valence-corrected chi connectivity index (χ3v) is 12.3. The van der Waals surface area contributed by atoms with Crippen molar-refractivity contribution in [3.63, 3.8) is 0 Å². The maximum atomic E-state index is 14.8. The number of hydrogen-bond donors (Lipinski definition) is 6. The Morgan fingerprint density at radius 3 is 1.80 bits per heavy atom. The van der Waals surface area contributed by atoms with Crippen LogP contribution < -0.4 is 27.2 Å². The molecule has 7 N–H and O–H groups in total. The van der Waals surface area contributed by atoms with E-state index in [0.717, 1.165) is 42.4 Å². The van der Waals surface area contributed by atoms with Gasteiger partial charge in [-0.2, -0.15) is 26.3 Å². The molecule has 4 atom stereocenters. The second kappa shape index (κ2) is 28.5. The molecule has 15 nitrogen and oxygen atoms in total. The molecule has 3 heterocycles. The van der Waals surface area contributed by atoms with Crippen LogP contribution in [0.3, 0.4) is 0 Å². The minimum Gasteiger partial charge on any atom is -0.480 e. The molecule has 0 unspecified atom stereocenters. The lowest BCUT2D eigenvalue weighted by molar-refractivity contribution is -0.143. The molecule has 0 bridgehead atoms. The first-order chi connectivity index (χ1) is 37.1. The number of aromatic carboxylic acids is 1. The van der Waals surface area contributed by atoms with Crippen molar-refractivity contribution < 1.29 is 86.8 Å². The zero-order valence-electron chi connectivity index (χ0n) is 43.7. The number of carboxylic acids is 2. The minimum atomic E-state index is -4.86. The van der Waals surface area contributed by atoms with E-state index in [-0.39, 0.29) is 45.2 Å². The molecular formula is C52H54BrF12N7O8. The minimum absolute atomic E-state index is 0.0300. The van der Waals surface area contributed by atoms with Crippen LogP contribution in [0.25, 0.3) is 16.8 Å². The summed E-state index contributed by atoms with van der Waals surface area (Å²) in [6.07, 6.45) is -5.95. The number of nitrogens with two attached hydrogens (primary N) is 1. The van der Waals surface area contributed by atoms with Crippen LogP contribution in [0.1, 0.15) is 102 Å². The topological polar surface area (TPSA) is 219 Å². The summed E-state index contributed by atoms with van der Waals surface area (Å²) in [6.45, 7) is 10.3. The van der Waals surface area contributed by atoms with Gasteiger partial charge in [0, 0.05) is 67.0 Å². The maximum absolute atomic E-state index is 14.8. The van der Waals surface area contributed by atoms with Crippen LogP contribution in [0.4, 0.5) is 64.1 Å². The van der Waals surface area contributed by atoms with Crippen molar-refractivity contribution in [1.82, 2.24) is 19.3 Å². The van der Waals surface area contributed by atoms with Gasteiger partial charge in [-0.3, -0.25) is 9.59 Å². The number of carboxylic acid groups (broad SMARTS) is 2. The summed E-state index contributed by atoms with van der Waals surface area (Å²) in [6, 6.07) is 3.76. The molecule has 0 aliphatic carbocycles. The van der Waals surface area contributed by atoms with Crippen LogP contribution in [-0.4, -0.2) is 85.4 Å². The number of benzene rings is 3. The highest BCUT2D eigenvalue weighted by Crippen LogP contribution is 2.37. The van der Waals surface area contributed by atoms with Crippen molar-refractivity contribution in [1.29, 1.82) is 0 Å². The number of carbonyl (C=O) groups is 4. The van der Waals surface area contributed by atoms with E-state index in [9.17, 15) is 81.8 Å². The quantitative estimate of drug-likeness (QED) is 0.0321. The van der Waals surface area contributed by atoms with E-state index in [1.807, 2.05) is 19.2 Å². The van der Waals surface area contributed by atoms with E-state index < -0.39 is 129 Å². The number of methoxy groups -OCH3 is 1. The lowest BCUT2D eigenvalue weighted by Crippen LogP contribution is -2.43. The van der Waals surface area contributed by atoms with Gasteiger partial charge in [0.05, 0.1) is 50.8 Å². The molecule has 80 heavy (non-hydrogen) atoms. The molecule has 6 rings (SSSR count). The molecule has 1 amide bonds. The van der Waals surface area contributed by atoms with Crippen LogP contribution >= 0.6 is 15.9 Å². The summed E-state index contributed by atoms with van der Waals surface area (Å²) < 4.78 is 168. The first-order valence-corrected chi connectivity index (χ1v) is 24.5. The molecule has 0 aliphatic heterocycles. The third kappa shape index (κ3) is 17.4. The maximum Gasteiger partial charge on any atom is 0.417 e. The number of alkyl halides is 6. The van der Waals surface area contributed by atoms with Gasteiger partial charge in [0.1, 0.15) is 52.6 Å². The van der Waals surface area contributed by atoms with Gasteiger partial charge in [-0.1, -0.05) is 20.8 Å². The molecule has 0 spiro atoms. The van der Waals surface area contributed by atoms with E-state index in [1.165, 1.54) is 49.8 Å². The van der Waals surface area contributed by atoms with E-state index in [1.54, 1.807) is 6.92 Å². The number of ether oxygens (including phenoxy) is 1. The largest absolute Gasteiger partial charge is 0.480 e. The summed E-state index contributed by atoms with van der Waals surface area (Å²) >= 11 is 2.78. The molecular weight excluding hydrogens is 1160 g/mol. The summed E-state index contributed by atoms with van der Waals surface area (Å²) in [4.78, 5) is 63.4. The van der Waals surface area contributed by atoms with Crippen molar-refractivity contribution in [3.8, 4) is 11.1 Å². The first-order valence-electron chi connectivity index (χ1n) is 23.7. The number of nitrogens with one attached hydrogen (secondary N) is 3. The molecule has 0 radical (unpaired) electrons. The fourth-order valence-corrected chi connectivity index (χ4v) is 7.11. The van der Waals surface area contributed by atoms with E-state index in [4.69, 9.17) is 10.8 Å². The van der Waals surface area contributed by atoms with Crippen molar-refractivity contribution in [2.45, 2.75) is 104 Å². The van der Waals surface area contributed by atoms with Crippen LogP contribution in [0, 0.1) is 41.8 Å². The second-order valence-corrected chi connectivity index (χ2v) is 18.4. The number of fused-ring (bicyclic) bond motifs is 1. The number of nitrogens with zero attached hydrogens (tertiary/aromatic N) is 3. The standard InChI is InChI=1S/C29H28F5N5O4.C11H10F5NO2.C8H5BrF2O2.C4H11N/c1-5-14(2)36-22-13-20(30)18(12-21(22)31)26(40)37-23(28(42)43)11-16-6-7-17(25-35-8-9-39(16)25)24-19(29(32,33)34)10-15(3)38(4)27(24)41;1-2-9(11(14,15)16)17-8-4-6(12)5(10(18)19)3-7(8)13;1-13-8(12)4-2-7(11)5(9)3-6(4)10;1-3-4(2)5/h6-10,12-14,23,36H,5,11H2,1-4H3,(H,37,40)(H,42,43);3-4,9,17H,2H2,1H3,(H,18,19);2-3H,1H3;4H,3,5H2,1-2H3/t14-,23-;9-;;4-/m01.0/s1. The summed E-state index contributed by atoms with van der Waals surface area (Å²) in [7, 11) is 2.44. The van der Waals surface area contributed by atoms with Crippen molar-refractivity contribution in [2.24, 2.45) is 12.8 Å². The van der Waals surface area contributed by atoms with Crippen molar-refractivity contribution in [2.75, 3.05) is 17.7 Å². The zero-order valence-corrected chi connectivity index (χ0v) is 45.3. The van der Waals surface area contributed by atoms with Gasteiger partial charge in [0.25, 0.3) is 11.5 Å². The highest BCUT2D eigenvalue weighted by molar-refractivity contribution is 9.10. The summed E-state index contributed by atoms with van der Waals surface area (Å²) in [5.74, 6) is -11.4. The fraction of sp³-hybridized carbons (Fsp3) is 0.346. The molecule has 3 aromatic heterocycles. The average molecular weight is 1210 g/mol. The molecule has 0 fully saturated rings. The number of rotatable bonds is 15. The van der Waals surface area contributed by atoms with Crippen LogP contribution in [0.5, 0.6) is 0 Å². The van der Waals surface area contributed by atoms with Gasteiger partial charge in [-0.25, -0.2) is 45.7 Å². The third-order valence-electron chi connectivity index (χ3n) is 11.7. The number of carbonyl (C=O) groups excluding carboxylic acids is 2. The Balaban J connectivity index is 0.000000369. The van der Waals surface area contributed by atoms with Crippen LogP contribution in [0.15, 0.2) is 76.3 Å². The summed E-state index contributed by atoms with van der Waals surface area (Å²) in [5, 5.41) is 25.1. The average Bonchev–Trinajstić information content (AvgIpc) is 3.88. The number of hydrogen-bond acceptors (Lipinski definition) is 10. The predicted octanol–water partition coefficient (Wildman–Crippen LogP) is 11.6. The van der Waals surface area contributed by atoms with Gasteiger partial charge in [-0.05, 0) is 98.4 Å². The number of anilines is 2. The zero-order chi connectivity index (χ0) is 60.9. The smallest absolute Gasteiger partial charge is 0.417 e. The van der Waals surface area contributed by atoms with Gasteiger partial charge in [0.2, 0.25) is 0 Å². The van der Waals surface area contributed by atoms with E-state index >= 15 is 0 Å². The predicted molar refractivity (Wildman–Crippen MR) is 274 cm³/mol. The van der Waals surface area contributed by atoms with Crippen molar-refractivity contribution >= 4 is 56.8 Å². The highest BCUT2D eigenvalue weighted by atomic mass is 79.9. The fourth-order valence-electron chi connectivity index (χ4n) is 6.79. The molecule has 6 aromatic rings. The van der Waals surface area contributed by atoms with Crippen molar-refractivity contribution in [3.05, 3.63) is 150 Å². The van der Waals surface area contributed by atoms with Gasteiger partial charge in [-0.15, -0.1) is 0 Å². The Morgan fingerprint density at radius 2 is 1.30 bits per heavy atom. The number of esters is 1. The molecule has 0 saturated carbocycles. The number of aromatic nitrogens is 3. The summed E-state index contributed by atoms with van der Waals surface area (Å²) in [5.41, 5.74) is -0.252. The number of halogens is 13. The lowest BCUT2D eigenvalue weighted by Gasteiger charge is -2.21. The SMILES string of the molecule is CC[C@@H](Nc1cc(F)c(C(=O)O)cc1F)C(F)(F)F.CC[C@H](C)N.CC[C@H](C)Nc1cc(F)c(C(=O)N[C@@H](Cc2ccc(-c3c(C(F)(F)F)cc(C)n(C)c3=O)c3nccn23)C(=O)O)cc1F.COC(=O)c1cc(F)c(Br)cc1F. The lowest BCUT2D eigenvalue weighted by atomic mass is 9.99. The Kier molecular flexibility index (Phi) is 23.7. The number of imidazole rings is 1. The molecule has 436 valence electrons. The number of amides is 1. The molecule has 3 aromatic carbocycles. The van der Waals surface area contributed by atoms with Crippen LogP contribution in [-0.2, 0) is 29.2 Å². The normalized spacial score (nSPS) is 12.7. The molecule has 0 aliphatic rings. The van der Waals surface area contributed by atoms with Gasteiger partial charge in [0.15, 0.2) is 0 Å². The van der Waals surface area contributed by atoms with Crippen LogP contribution in [0.2, 0.25) is 0 Å². The van der Waals surface area contributed by atoms with E-state index in [2.05, 4.69) is 43.2 Å². The molecule has 28 heteroatoms. The number of aryl methyl sites for hydroxylation is 1.